The Morgan fingerprint density at radius 1 is 1.14 bits per heavy atom. The molecule has 2 atom stereocenters. The van der Waals surface area contributed by atoms with Crippen LogP contribution in [0.3, 0.4) is 0 Å². The number of carbonyl (C=O) groups excluding carboxylic acids is 1. The minimum atomic E-state index is -4.71. The van der Waals surface area contributed by atoms with Gasteiger partial charge in [0, 0.05) is 5.56 Å². The van der Waals surface area contributed by atoms with Gasteiger partial charge in [0.25, 0.3) is 0 Å². The number of methoxy groups -OCH3 is 1. The van der Waals surface area contributed by atoms with Crippen molar-refractivity contribution in [1.29, 1.82) is 0 Å². The maximum absolute atomic E-state index is 13.0. The van der Waals surface area contributed by atoms with Gasteiger partial charge in [-0.1, -0.05) is 37.7 Å². The van der Waals surface area contributed by atoms with E-state index in [9.17, 15) is 26.4 Å². The minimum Gasteiger partial charge on any atom is -0.497 e. The molecule has 2 unspecified atom stereocenters. The third kappa shape index (κ3) is 6.55. The number of sulfonamides is 1. The summed E-state index contributed by atoms with van der Waals surface area (Å²) in [5, 5.41) is 11.2. The van der Waals surface area contributed by atoms with Crippen LogP contribution in [0.15, 0.2) is 53.4 Å². The number of hydrogen-bond acceptors (Lipinski definition) is 7. The van der Waals surface area contributed by atoms with E-state index in [1.54, 1.807) is 45.2 Å². The fourth-order valence-corrected chi connectivity index (χ4v) is 5.15. The van der Waals surface area contributed by atoms with Gasteiger partial charge in [-0.15, -0.1) is 10.2 Å². The average molecular weight is 529 g/mol. The quantitative estimate of drug-likeness (QED) is 0.421. The molecule has 1 aromatic heterocycles. The first-order chi connectivity index (χ1) is 16.4. The van der Waals surface area contributed by atoms with Gasteiger partial charge in [0.15, 0.2) is 0 Å². The van der Waals surface area contributed by atoms with Gasteiger partial charge in [-0.05, 0) is 48.4 Å². The van der Waals surface area contributed by atoms with Crippen LogP contribution in [0.25, 0.3) is 10.6 Å². The van der Waals surface area contributed by atoms with Crippen molar-refractivity contribution >= 4 is 32.4 Å². The number of ether oxygens (including phenoxy) is 1. The van der Waals surface area contributed by atoms with Crippen LogP contribution in [-0.4, -0.2) is 37.7 Å². The molecule has 0 fully saturated rings. The molecule has 0 saturated carbocycles. The lowest BCUT2D eigenvalue weighted by atomic mass is 9.99. The molecular formula is C22H23F3N4O4S2. The van der Waals surface area contributed by atoms with Crippen LogP contribution in [0.4, 0.5) is 18.3 Å². The highest BCUT2D eigenvalue weighted by Gasteiger charge is 2.34. The van der Waals surface area contributed by atoms with Crippen molar-refractivity contribution in [2.75, 3.05) is 12.4 Å². The molecule has 2 aromatic carbocycles. The highest BCUT2D eigenvalue weighted by molar-refractivity contribution is 7.89. The predicted molar refractivity (Wildman–Crippen MR) is 126 cm³/mol. The molecule has 3 aromatic rings. The number of anilines is 1. The molecule has 0 spiro atoms. The van der Waals surface area contributed by atoms with E-state index in [2.05, 4.69) is 20.2 Å². The van der Waals surface area contributed by atoms with Gasteiger partial charge in [-0.2, -0.15) is 17.9 Å². The van der Waals surface area contributed by atoms with E-state index in [1.165, 1.54) is 0 Å². The zero-order valence-corrected chi connectivity index (χ0v) is 20.6. The molecule has 13 heteroatoms. The number of hydrogen-bond donors (Lipinski definition) is 2. The van der Waals surface area contributed by atoms with Gasteiger partial charge in [0.2, 0.25) is 21.1 Å². The number of carbonyl (C=O) groups is 1. The Bertz CT molecular complexity index is 1280. The zero-order chi connectivity index (χ0) is 25.8. The van der Waals surface area contributed by atoms with Crippen LogP contribution in [0, 0.1) is 5.92 Å². The Hall–Kier alpha value is -3.03. The van der Waals surface area contributed by atoms with E-state index in [1.807, 2.05) is 0 Å². The summed E-state index contributed by atoms with van der Waals surface area (Å²) in [6, 6.07) is 9.12. The molecule has 188 valence electrons. The van der Waals surface area contributed by atoms with Crippen LogP contribution in [-0.2, 0) is 21.0 Å². The molecule has 1 amide bonds. The maximum atomic E-state index is 13.0. The Morgan fingerprint density at radius 3 is 2.43 bits per heavy atom. The lowest BCUT2D eigenvalue weighted by Crippen LogP contribution is -2.47. The molecule has 8 nitrogen and oxygen atoms in total. The summed E-state index contributed by atoms with van der Waals surface area (Å²) < 4.78 is 72.2. The first-order valence-corrected chi connectivity index (χ1v) is 12.7. The standard InChI is InChI=1S/C22H23F3N4O4S2/c1-4-13(2)18(29-35(31,32)17-7-5-6-15(12-17)22(23,24)25)19(30)26-21-28-27-20(34-21)14-8-10-16(33-3)11-9-14/h5-13,18,29H,4H2,1-3H3,(H,26,28,30). The molecule has 3 rings (SSSR count). The van der Waals surface area contributed by atoms with E-state index in [4.69, 9.17) is 4.74 Å². The molecule has 35 heavy (non-hydrogen) atoms. The van der Waals surface area contributed by atoms with Gasteiger partial charge >= 0.3 is 6.18 Å². The third-order valence-electron chi connectivity index (χ3n) is 5.24. The summed E-state index contributed by atoms with van der Waals surface area (Å²) in [5.41, 5.74) is -0.364. The number of benzene rings is 2. The van der Waals surface area contributed by atoms with Crippen molar-refractivity contribution in [2.24, 2.45) is 5.92 Å². The van der Waals surface area contributed by atoms with Crippen LogP contribution in [0.1, 0.15) is 25.8 Å². The number of rotatable bonds is 9. The zero-order valence-electron chi connectivity index (χ0n) is 19.0. The van der Waals surface area contributed by atoms with Gasteiger partial charge in [0.05, 0.1) is 17.6 Å². The first-order valence-electron chi connectivity index (χ1n) is 10.4. The molecule has 0 saturated heterocycles. The van der Waals surface area contributed by atoms with Gasteiger partial charge in [-0.3, -0.25) is 10.1 Å². The van der Waals surface area contributed by atoms with E-state index < -0.39 is 44.5 Å². The summed E-state index contributed by atoms with van der Waals surface area (Å²) in [5.74, 6) is -0.506. The minimum absolute atomic E-state index is 0.146. The van der Waals surface area contributed by atoms with Crippen molar-refractivity contribution in [3.05, 3.63) is 54.1 Å². The van der Waals surface area contributed by atoms with Crippen molar-refractivity contribution in [3.63, 3.8) is 0 Å². The molecule has 2 N–H and O–H groups in total. The number of halogens is 3. The lowest BCUT2D eigenvalue weighted by Gasteiger charge is -2.23. The highest BCUT2D eigenvalue weighted by atomic mass is 32.2. The van der Waals surface area contributed by atoms with Gasteiger partial charge in [-0.25, -0.2) is 8.42 Å². The number of nitrogens with one attached hydrogen (secondary N) is 2. The Labute approximate surface area is 204 Å². The van der Waals surface area contributed by atoms with E-state index in [0.717, 1.165) is 35.1 Å². The van der Waals surface area contributed by atoms with E-state index >= 15 is 0 Å². The van der Waals surface area contributed by atoms with Gasteiger partial charge in [0.1, 0.15) is 16.8 Å². The summed E-state index contributed by atoms with van der Waals surface area (Å²) in [6.45, 7) is 3.41. The lowest BCUT2D eigenvalue weighted by molar-refractivity contribution is -0.137. The normalized spacial score (nSPS) is 13.8. The number of alkyl halides is 3. The predicted octanol–water partition coefficient (Wildman–Crippen LogP) is 4.56. The third-order valence-corrected chi connectivity index (χ3v) is 7.57. The van der Waals surface area contributed by atoms with Crippen molar-refractivity contribution in [1.82, 2.24) is 14.9 Å². The van der Waals surface area contributed by atoms with Crippen LogP contribution < -0.4 is 14.8 Å². The topological polar surface area (TPSA) is 110 Å². The summed E-state index contributed by atoms with van der Waals surface area (Å²) in [7, 11) is -2.89. The second-order valence-corrected chi connectivity index (χ2v) is 10.3. The highest BCUT2D eigenvalue weighted by Crippen LogP contribution is 2.31. The SMILES string of the molecule is CCC(C)C(NS(=O)(=O)c1cccc(C(F)(F)F)c1)C(=O)Nc1nnc(-c2ccc(OC)cc2)s1. The summed E-state index contributed by atoms with van der Waals surface area (Å²) in [4.78, 5) is 12.4. The maximum Gasteiger partial charge on any atom is 0.416 e. The number of nitrogens with zero attached hydrogens (tertiary/aromatic N) is 2. The summed E-state index contributed by atoms with van der Waals surface area (Å²) in [6.07, 6.45) is -4.28. The molecule has 0 aliphatic heterocycles. The molecule has 0 aliphatic carbocycles. The molecule has 0 bridgehead atoms. The molecule has 0 radical (unpaired) electrons. The van der Waals surface area contributed by atoms with Crippen molar-refractivity contribution in [3.8, 4) is 16.3 Å². The molecule has 1 heterocycles. The van der Waals surface area contributed by atoms with Crippen LogP contribution in [0.5, 0.6) is 5.75 Å². The van der Waals surface area contributed by atoms with Gasteiger partial charge < -0.3 is 4.74 Å². The summed E-state index contributed by atoms with van der Waals surface area (Å²) >= 11 is 1.09. The smallest absolute Gasteiger partial charge is 0.416 e. The van der Waals surface area contributed by atoms with Crippen molar-refractivity contribution < 1.29 is 31.1 Å². The fraction of sp³-hybridized carbons (Fsp3) is 0.318. The van der Waals surface area contributed by atoms with Crippen LogP contribution in [0.2, 0.25) is 0 Å². The fourth-order valence-electron chi connectivity index (χ4n) is 3.05. The van der Waals surface area contributed by atoms with Crippen molar-refractivity contribution in [2.45, 2.75) is 37.4 Å². The Balaban J connectivity index is 1.80. The van der Waals surface area contributed by atoms with Crippen LogP contribution >= 0.6 is 11.3 Å². The monoisotopic (exact) mass is 528 g/mol. The Morgan fingerprint density at radius 2 is 1.83 bits per heavy atom. The average Bonchev–Trinajstić information content (AvgIpc) is 3.30. The first kappa shape index (κ1) is 26.6. The number of aromatic nitrogens is 2. The second-order valence-electron chi connectivity index (χ2n) is 7.64. The second kappa shape index (κ2) is 10.7. The number of amides is 1. The van der Waals surface area contributed by atoms with E-state index in [0.29, 0.717) is 23.2 Å². The Kier molecular flexibility index (Phi) is 8.13. The molecule has 0 aliphatic rings. The molecular weight excluding hydrogens is 505 g/mol. The van der Waals surface area contributed by atoms with E-state index in [-0.39, 0.29) is 5.13 Å². The largest absolute Gasteiger partial charge is 0.497 e.